The van der Waals surface area contributed by atoms with Gasteiger partial charge in [-0.2, -0.15) is 0 Å². The van der Waals surface area contributed by atoms with Crippen LogP contribution in [0.4, 0.5) is 0 Å². The molecule has 0 radical (unpaired) electrons. The number of hydrogen-bond donors (Lipinski definition) is 1. The van der Waals surface area contributed by atoms with Gasteiger partial charge in [0.05, 0.1) is 0 Å². The topological polar surface area (TPSA) is 41.1 Å². The monoisotopic (exact) mass is 220 g/mol. The van der Waals surface area contributed by atoms with Gasteiger partial charge < -0.3 is 5.32 Å². The summed E-state index contributed by atoms with van der Waals surface area (Å²) in [5.41, 5.74) is 1.21. The Bertz CT molecular complexity index is 299. The minimum atomic E-state index is 0.656. The van der Waals surface area contributed by atoms with Gasteiger partial charge in [-0.15, -0.1) is 0 Å². The maximum absolute atomic E-state index is 4.05. The first-order valence-electron chi connectivity index (χ1n) is 6.08. The van der Waals surface area contributed by atoms with Crippen LogP contribution >= 0.6 is 0 Å². The summed E-state index contributed by atoms with van der Waals surface area (Å²) in [6, 6.07) is 0.656. The fraction of sp³-hybridized carbons (Fsp3) is 0.667. The largest absolute Gasteiger partial charge is 0.311 e. The first kappa shape index (κ1) is 11.5. The highest BCUT2D eigenvalue weighted by Gasteiger charge is 2.18. The molecule has 2 rings (SSSR count). The van der Waals surface area contributed by atoms with Gasteiger partial charge in [0.25, 0.3) is 0 Å². The molecular weight excluding hydrogens is 200 g/mol. The lowest BCUT2D eigenvalue weighted by atomic mass is 10.1. The fourth-order valence-electron chi connectivity index (χ4n) is 2.25. The highest BCUT2D eigenvalue weighted by atomic mass is 15.2. The second-order valence-electron chi connectivity index (χ2n) is 4.42. The number of nitrogens with zero attached hydrogens (tertiary/aromatic N) is 3. The van der Waals surface area contributed by atoms with Crippen molar-refractivity contribution in [1.82, 2.24) is 20.2 Å². The van der Waals surface area contributed by atoms with Gasteiger partial charge >= 0.3 is 0 Å². The molecule has 1 fully saturated rings. The summed E-state index contributed by atoms with van der Waals surface area (Å²) in [7, 11) is 0. The van der Waals surface area contributed by atoms with Crippen LogP contribution in [-0.2, 0) is 6.54 Å². The van der Waals surface area contributed by atoms with E-state index in [1.54, 1.807) is 6.33 Å². The lowest BCUT2D eigenvalue weighted by Crippen LogP contribution is -2.50. The van der Waals surface area contributed by atoms with Crippen molar-refractivity contribution >= 4 is 0 Å². The summed E-state index contributed by atoms with van der Waals surface area (Å²) in [5, 5.41) is 3.56. The third-order valence-electron chi connectivity index (χ3n) is 3.00. The normalized spacial score (nSPS) is 22.2. The van der Waals surface area contributed by atoms with E-state index in [0.717, 1.165) is 26.2 Å². The molecule has 1 aromatic heterocycles. The molecule has 1 atom stereocenters. The van der Waals surface area contributed by atoms with Gasteiger partial charge in [0, 0.05) is 50.2 Å². The van der Waals surface area contributed by atoms with E-state index in [2.05, 4.69) is 27.1 Å². The van der Waals surface area contributed by atoms with E-state index in [9.17, 15) is 0 Å². The average molecular weight is 220 g/mol. The van der Waals surface area contributed by atoms with E-state index >= 15 is 0 Å². The van der Waals surface area contributed by atoms with E-state index in [-0.39, 0.29) is 0 Å². The molecule has 88 valence electrons. The Kier molecular flexibility index (Phi) is 4.25. The Labute approximate surface area is 97.1 Å². The third-order valence-corrected chi connectivity index (χ3v) is 3.00. The van der Waals surface area contributed by atoms with E-state index in [0.29, 0.717) is 6.04 Å². The van der Waals surface area contributed by atoms with E-state index in [1.807, 2.05) is 12.4 Å². The van der Waals surface area contributed by atoms with Crippen molar-refractivity contribution in [2.45, 2.75) is 32.4 Å². The van der Waals surface area contributed by atoms with Crippen LogP contribution in [0.15, 0.2) is 18.7 Å². The smallest absolute Gasteiger partial charge is 0.115 e. The predicted molar refractivity (Wildman–Crippen MR) is 64.0 cm³/mol. The van der Waals surface area contributed by atoms with Gasteiger partial charge in [-0.3, -0.25) is 4.90 Å². The molecule has 0 spiro atoms. The predicted octanol–water partition coefficient (Wildman–Crippen LogP) is 1.05. The number of nitrogens with one attached hydrogen (secondary N) is 1. The van der Waals surface area contributed by atoms with Crippen molar-refractivity contribution in [3.8, 4) is 0 Å². The van der Waals surface area contributed by atoms with Gasteiger partial charge in [-0.05, 0) is 6.42 Å². The van der Waals surface area contributed by atoms with Crippen molar-refractivity contribution in [3.05, 3.63) is 24.3 Å². The lowest BCUT2D eigenvalue weighted by molar-refractivity contribution is 0.186. The second kappa shape index (κ2) is 5.92. The molecule has 1 aliphatic heterocycles. The first-order chi connectivity index (χ1) is 7.88. The summed E-state index contributed by atoms with van der Waals surface area (Å²) in [6.07, 6.45) is 7.91. The van der Waals surface area contributed by atoms with Gasteiger partial charge in [-0.25, -0.2) is 9.97 Å². The molecule has 1 aliphatic rings. The summed E-state index contributed by atoms with van der Waals surface area (Å²) in [4.78, 5) is 10.6. The Balaban J connectivity index is 1.85. The van der Waals surface area contributed by atoms with Crippen LogP contribution < -0.4 is 5.32 Å². The molecule has 0 saturated carbocycles. The lowest BCUT2D eigenvalue weighted by Gasteiger charge is -2.33. The summed E-state index contributed by atoms with van der Waals surface area (Å²) < 4.78 is 0. The number of rotatable bonds is 4. The first-order valence-corrected chi connectivity index (χ1v) is 6.08. The number of hydrogen-bond acceptors (Lipinski definition) is 4. The quantitative estimate of drug-likeness (QED) is 0.823. The minimum absolute atomic E-state index is 0.656. The second-order valence-corrected chi connectivity index (χ2v) is 4.42. The Hall–Kier alpha value is -1.00. The summed E-state index contributed by atoms with van der Waals surface area (Å²) in [5.74, 6) is 0. The van der Waals surface area contributed by atoms with Crippen molar-refractivity contribution in [3.63, 3.8) is 0 Å². The zero-order valence-corrected chi connectivity index (χ0v) is 9.89. The molecule has 4 nitrogen and oxygen atoms in total. The fourth-order valence-corrected chi connectivity index (χ4v) is 2.25. The van der Waals surface area contributed by atoms with Crippen molar-refractivity contribution in [2.24, 2.45) is 0 Å². The zero-order chi connectivity index (χ0) is 11.2. The Morgan fingerprint density at radius 1 is 1.44 bits per heavy atom. The number of piperazine rings is 1. The molecule has 0 aliphatic carbocycles. The molecule has 0 aromatic carbocycles. The maximum Gasteiger partial charge on any atom is 0.115 e. The molecular formula is C12H20N4. The maximum atomic E-state index is 4.05. The van der Waals surface area contributed by atoms with Gasteiger partial charge in [0.1, 0.15) is 6.33 Å². The van der Waals surface area contributed by atoms with Crippen molar-refractivity contribution < 1.29 is 0 Å². The Morgan fingerprint density at radius 2 is 2.25 bits per heavy atom. The molecule has 1 saturated heterocycles. The molecule has 2 heterocycles. The highest BCUT2D eigenvalue weighted by Crippen LogP contribution is 2.08. The summed E-state index contributed by atoms with van der Waals surface area (Å²) >= 11 is 0. The van der Waals surface area contributed by atoms with Crippen LogP contribution in [0.1, 0.15) is 25.3 Å². The SMILES string of the molecule is CCCC1CN(Cc2cncnc2)CCN1. The van der Waals surface area contributed by atoms with Crippen LogP contribution in [-0.4, -0.2) is 40.5 Å². The molecule has 16 heavy (non-hydrogen) atoms. The van der Waals surface area contributed by atoms with Gasteiger partial charge in [0.15, 0.2) is 0 Å². The molecule has 1 N–H and O–H groups in total. The van der Waals surface area contributed by atoms with E-state index in [1.165, 1.54) is 18.4 Å². The minimum Gasteiger partial charge on any atom is -0.311 e. The zero-order valence-electron chi connectivity index (χ0n) is 9.89. The van der Waals surface area contributed by atoms with Crippen LogP contribution in [0.5, 0.6) is 0 Å². The van der Waals surface area contributed by atoms with E-state index < -0.39 is 0 Å². The standard InChI is InChI=1S/C12H20N4/c1-2-3-12-9-16(5-4-15-12)8-11-6-13-10-14-7-11/h6-7,10,12,15H,2-5,8-9H2,1H3. The van der Waals surface area contributed by atoms with Gasteiger partial charge in [0.2, 0.25) is 0 Å². The molecule has 0 bridgehead atoms. The molecule has 1 unspecified atom stereocenters. The van der Waals surface area contributed by atoms with Crippen LogP contribution in [0.25, 0.3) is 0 Å². The third kappa shape index (κ3) is 3.25. The van der Waals surface area contributed by atoms with E-state index in [4.69, 9.17) is 0 Å². The van der Waals surface area contributed by atoms with Crippen LogP contribution in [0.3, 0.4) is 0 Å². The number of aromatic nitrogens is 2. The molecule has 4 heteroatoms. The Morgan fingerprint density at radius 3 is 3.00 bits per heavy atom. The van der Waals surface area contributed by atoms with Crippen molar-refractivity contribution in [1.29, 1.82) is 0 Å². The van der Waals surface area contributed by atoms with Crippen molar-refractivity contribution in [2.75, 3.05) is 19.6 Å². The molecule has 0 amide bonds. The van der Waals surface area contributed by atoms with Crippen LogP contribution in [0, 0.1) is 0 Å². The summed E-state index contributed by atoms with van der Waals surface area (Å²) in [6.45, 7) is 6.57. The highest BCUT2D eigenvalue weighted by molar-refractivity contribution is 5.02. The van der Waals surface area contributed by atoms with Crippen LogP contribution in [0.2, 0.25) is 0 Å². The average Bonchev–Trinajstić information content (AvgIpc) is 2.31. The molecule has 1 aromatic rings. The van der Waals surface area contributed by atoms with Gasteiger partial charge in [-0.1, -0.05) is 13.3 Å².